The first-order valence-electron chi connectivity index (χ1n) is 4.60. The number of oxazole rings is 1. The first kappa shape index (κ1) is 10.2. The topological polar surface area (TPSA) is 26.0 Å². The van der Waals surface area contributed by atoms with Gasteiger partial charge in [-0.25, -0.2) is 9.37 Å². The van der Waals surface area contributed by atoms with Crippen LogP contribution in [0, 0.1) is 5.82 Å². The molecule has 0 saturated heterocycles. The van der Waals surface area contributed by atoms with Gasteiger partial charge in [0.15, 0.2) is 0 Å². The van der Waals surface area contributed by atoms with Crippen LogP contribution in [0.2, 0.25) is 5.02 Å². The molecule has 0 aliphatic heterocycles. The number of nitrogens with zero attached hydrogens (tertiary/aromatic N) is 1. The summed E-state index contributed by atoms with van der Waals surface area (Å²) in [4.78, 5) is 4.19. The first-order valence-corrected chi connectivity index (χ1v) is 4.98. The smallest absolute Gasteiger partial charge is 0.226 e. The predicted molar refractivity (Wildman–Crippen MR) is 56.3 cm³/mol. The van der Waals surface area contributed by atoms with Crippen molar-refractivity contribution < 1.29 is 8.81 Å². The van der Waals surface area contributed by atoms with Crippen LogP contribution in [0.15, 0.2) is 28.9 Å². The Morgan fingerprint density at radius 2 is 2.27 bits per heavy atom. The zero-order valence-electron chi connectivity index (χ0n) is 8.13. The minimum Gasteiger partial charge on any atom is -0.444 e. The fourth-order valence-electron chi connectivity index (χ4n) is 1.23. The molecule has 0 N–H and O–H groups in total. The molecule has 4 heteroatoms. The van der Waals surface area contributed by atoms with Gasteiger partial charge in [-0.15, -0.1) is 0 Å². The lowest BCUT2D eigenvalue weighted by Crippen LogP contribution is -1.83. The quantitative estimate of drug-likeness (QED) is 0.779. The summed E-state index contributed by atoms with van der Waals surface area (Å²) in [6, 6.07) is 4.48. The van der Waals surface area contributed by atoms with Crippen molar-refractivity contribution in [2.75, 3.05) is 0 Å². The van der Waals surface area contributed by atoms with Crippen LogP contribution in [0.5, 0.6) is 0 Å². The minimum absolute atomic E-state index is 0.0982. The van der Waals surface area contributed by atoms with Gasteiger partial charge in [0.25, 0.3) is 0 Å². The van der Waals surface area contributed by atoms with Gasteiger partial charge < -0.3 is 4.42 Å². The number of rotatable bonds is 2. The highest BCUT2D eigenvalue weighted by atomic mass is 35.5. The van der Waals surface area contributed by atoms with Gasteiger partial charge in [-0.1, -0.05) is 18.5 Å². The van der Waals surface area contributed by atoms with E-state index in [1.807, 2.05) is 6.92 Å². The van der Waals surface area contributed by atoms with E-state index < -0.39 is 5.82 Å². The lowest BCUT2D eigenvalue weighted by atomic mass is 10.2. The maximum Gasteiger partial charge on any atom is 0.226 e. The van der Waals surface area contributed by atoms with E-state index in [9.17, 15) is 4.39 Å². The molecule has 0 aliphatic rings. The lowest BCUT2D eigenvalue weighted by molar-refractivity contribution is 0.571. The Labute approximate surface area is 91.7 Å². The van der Waals surface area contributed by atoms with Gasteiger partial charge in [-0.2, -0.15) is 0 Å². The Kier molecular flexibility index (Phi) is 2.73. The van der Waals surface area contributed by atoms with Crippen LogP contribution >= 0.6 is 11.6 Å². The number of halogens is 2. The molecule has 0 bridgehead atoms. The summed E-state index contributed by atoms with van der Waals surface area (Å²) >= 11 is 5.57. The van der Waals surface area contributed by atoms with Gasteiger partial charge in [0.05, 0.1) is 10.7 Å². The summed E-state index contributed by atoms with van der Waals surface area (Å²) in [5.74, 6) is -0.0483. The second-order valence-electron chi connectivity index (χ2n) is 3.13. The summed E-state index contributed by atoms with van der Waals surface area (Å²) < 4.78 is 18.4. The van der Waals surface area contributed by atoms with Crippen LogP contribution in [0.4, 0.5) is 4.39 Å². The fourth-order valence-corrected chi connectivity index (χ4v) is 1.35. The van der Waals surface area contributed by atoms with Gasteiger partial charge in [0.2, 0.25) is 5.89 Å². The van der Waals surface area contributed by atoms with Gasteiger partial charge in [0.1, 0.15) is 12.1 Å². The molecule has 1 aromatic carbocycles. The van der Waals surface area contributed by atoms with Crippen LogP contribution in [0.1, 0.15) is 12.6 Å². The van der Waals surface area contributed by atoms with Crippen LogP contribution in [0.3, 0.4) is 0 Å². The number of benzene rings is 1. The predicted octanol–water partition coefficient (Wildman–Crippen LogP) is 3.70. The van der Waals surface area contributed by atoms with E-state index in [0.717, 1.165) is 12.1 Å². The number of hydrogen-bond donors (Lipinski definition) is 0. The van der Waals surface area contributed by atoms with E-state index in [2.05, 4.69) is 4.98 Å². The van der Waals surface area contributed by atoms with Crippen LogP contribution in [0.25, 0.3) is 11.5 Å². The average Bonchev–Trinajstić information content (AvgIpc) is 2.70. The molecular formula is C11H9ClFNO. The Morgan fingerprint density at radius 1 is 1.47 bits per heavy atom. The van der Waals surface area contributed by atoms with Crippen molar-refractivity contribution in [2.45, 2.75) is 13.3 Å². The van der Waals surface area contributed by atoms with Crippen molar-refractivity contribution in [3.05, 3.63) is 41.0 Å². The molecule has 0 aliphatic carbocycles. The number of aryl methyl sites for hydroxylation is 1. The van der Waals surface area contributed by atoms with Gasteiger partial charge >= 0.3 is 0 Å². The Bertz CT molecular complexity index is 481. The molecule has 0 unspecified atom stereocenters. The van der Waals surface area contributed by atoms with Crippen molar-refractivity contribution in [3.8, 4) is 11.5 Å². The summed E-state index contributed by atoms with van der Waals surface area (Å²) in [5.41, 5.74) is 1.44. The summed E-state index contributed by atoms with van der Waals surface area (Å²) in [5, 5.41) is 0.0982. The maximum absolute atomic E-state index is 13.2. The molecule has 1 aromatic heterocycles. The summed E-state index contributed by atoms with van der Waals surface area (Å²) in [7, 11) is 0. The molecule has 0 amide bonds. The van der Waals surface area contributed by atoms with Crippen molar-refractivity contribution in [1.82, 2.24) is 4.98 Å². The Hall–Kier alpha value is -1.35. The summed E-state index contributed by atoms with van der Waals surface area (Å²) in [6.07, 6.45) is 2.36. The van der Waals surface area contributed by atoms with Gasteiger partial charge in [0, 0.05) is 5.56 Å². The lowest BCUT2D eigenvalue weighted by Gasteiger charge is -1.97. The molecule has 15 heavy (non-hydrogen) atoms. The molecule has 0 saturated carbocycles. The van der Waals surface area contributed by atoms with Gasteiger partial charge in [-0.3, -0.25) is 0 Å². The fraction of sp³-hybridized carbons (Fsp3) is 0.182. The van der Waals surface area contributed by atoms with E-state index in [4.69, 9.17) is 16.0 Å². The molecule has 0 radical (unpaired) electrons. The van der Waals surface area contributed by atoms with E-state index in [-0.39, 0.29) is 5.02 Å². The highest BCUT2D eigenvalue weighted by molar-refractivity contribution is 6.30. The highest BCUT2D eigenvalue weighted by Crippen LogP contribution is 2.23. The standard InChI is InChI=1S/C11H9ClFNO/c1-2-8-6-15-11(14-8)7-3-4-9(12)10(13)5-7/h3-6H,2H2,1H3. The van der Waals surface area contributed by atoms with Gasteiger partial charge in [-0.05, 0) is 24.6 Å². The largest absolute Gasteiger partial charge is 0.444 e. The molecular weight excluding hydrogens is 217 g/mol. The van der Waals surface area contributed by atoms with Crippen molar-refractivity contribution in [2.24, 2.45) is 0 Å². The summed E-state index contributed by atoms with van der Waals surface area (Å²) in [6.45, 7) is 1.98. The molecule has 0 atom stereocenters. The van der Waals surface area contributed by atoms with E-state index >= 15 is 0 Å². The SMILES string of the molecule is CCc1coc(-c2ccc(Cl)c(F)c2)n1. The zero-order valence-corrected chi connectivity index (χ0v) is 8.88. The van der Waals surface area contributed by atoms with E-state index in [1.54, 1.807) is 12.3 Å². The maximum atomic E-state index is 13.2. The third-order valence-corrected chi connectivity index (χ3v) is 2.39. The van der Waals surface area contributed by atoms with Crippen LogP contribution in [-0.2, 0) is 6.42 Å². The van der Waals surface area contributed by atoms with Crippen molar-refractivity contribution in [3.63, 3.8) is 0 Å². The molecule has 1 heterocycles. The van der Waals surface area contributed by atoms with Crippen molar-refractivity contribution in [1.29, 1.82) is 0 Å². The zero-order chi connectivity index (χ0) is 10.8. The highest BCUT2D eigenvalue weighted by Gasteiger charge is 2.08. The third kappa shape index (κ3) is 2.02. The van der Waals surface area contributed by atoms with Crippen LogP contribution < -0.4 is 0 Å². The van der Waals surface area contributed by atoms with Crippen molar-refractivity contribution >= 4 is 11.6 Å². The molecule has 2 nitrogen and oxygen atoms in total. The van der Waals surface area contributed by atoms with E-state index in [0.29, 0.717) is 11.5 Å². The van der Waals surface area contributed by atoms with E-state index in [1.165, 1.54) is 12.1 Å². The average molecular weight is 226 g/mol. The monoisotopic (exact) mass is 225 g/mol. The molecule has 2 rings (SSSR count). The Balaban J connectivity index is 2.40. The van der Waals surface area contributed by atoms with Crippen LogP contribution in [-0.4, -0.2) is 4.98 Å². The normalized spacial score (nSPS) is 10.6. The number of hydrogen-bond acceptors (Lipinski definition) is 2. The second-order valence-corrected chi connectivity index (χ2v) is 3.53. The molecule has 78 valence electrons. The molecule has 0 fully saturated rings. The third-order valence-electron chi connectivity index (χ3n) is 2.08. The Morgan fingerprint density at radius 3 is 2.87 bits per heavy atom. The number of aromatic nitrogens is 1. The molecule has 2 aromatic rings. The minimum atomic E-state index is -0.467. The molecule has 0 spiro atoms. The first-order chi connectivity index (χ1) is 7.20. The second kappa shape index (κ2) is 4.03.